The third-order valence-corrected chi connectivity index (χ3v) is 28.1. The van der Waals surface area contributed by atoms with Crippen LogP contribution in [0.1, 0.15) is 120 Å². The van der Waals surface area contributed by atoms with Crippen molar-refractivity contribution in [1.29, 1.82) is 0 Å². The number of aryl methyl sites for hydroxylation is 8. The number of hydrogen-bond acceptors (Lipinski definition) is 3. The third-order valence-electron chi connectivity index (χ3n) is 28.1. The maximum atomic E-state index is 2.62. The fourth-order valence-electron chi connectivity index (χ4n) is 21.3. The van der Waals surface area contributed by atoms with Crippen molar-refractivity contribution in [1.82, 2.24) is 4.57 Å². The minimum atomic E-state index is -0.120. The first-order valence-electron chi connectivity index (χ1n) is 46.3. The van der Waals surface area contributed by atoms with Gasteiger partial charge in [0.15, 0.2) is 0 Å². The molecule has 22 rings (SSSR count). The van der Waals surface area contributed by atoms with Gasteiger partial charge in [0.05, 0.1) is 22.4 Å². The summed E-state index contributed by atoms with van der Waals surface area (Å²) in [5, 5.41) is 7.90. The Bertz CT molecular complexity index is 7050. The third kappa shape index (κ3) is 15.2. The van der Waals surface area contributed by atoms with Crippen molar-refractivity contribution in [2.45, 2.75) is 122 Å². The number of unbranched alkanes of at least 4 members (excludes halogenated alkanes) is 6. The Kier molecular flexibility index (Phi) is 21.2. The fourth-order valence-corrected chi connectivity index (χ4v) is 21.3. The summed E-state index contributed by atoms with van der Waals surface area (Å²) < 4.78 is 2.45. The van der Waals surface area contributed by atoms with Gasteiger partial charge in [0.2, 0.25) is 0 Å². The average Bonchev–Trinajstić information content (AvgIpc) is 1.58. The van der Waals surface area contributed by atoms with E-state index in [1.807, 2.05) is 0 Å². The quantitative estimate of drug-likeness (QED) is 0.0454. The molecule has 0 bridgehead atoms. The van der Waals surface area contributed by atoms with E-state index in [1.165, 1.54) is 227 Å². The van der Waals surface area contributed by atoms with E-state index >= 15 is 0 Å². The first kappa shape index (κ1) is 78.6. The monoisotopic (exact) mass is 1640 g/mol. The Morgan fingerprint density at radius 2 is 0.622 bits per heavy atom. The van der Waals surface area contributed by atoms with Crippen LogP contribution in [0.3, 0.4) is 0 Å². The van der Waals surface area contributed by atoms with Crippen LogP contribution in [-0.2, 0) is 43.9 Å². The van der Waals surface area contributed by atoms with Gasteiger partial charge in [-0.05, 0) is 322 Å². The van der Waals surface area contributed by atoms with E-state index in [4.69, 9.17) is 0 Å². The van der Waals surface area contributed by atoms with Gasteiger partial charge in [-0.1, -0.05) is 317 Å². The molecule has 0 fully saturated rings. The predicted molar refractivity (Wildman–Crippen MR) is 539 cm³/mol. The molecule has 19 aromatic rings. The van der Waals surface area contributed by atoms with E-state index in [0.717, 1.165) is 87.0 Å². The lowest BCUT2D eigenvalue weighted by Crippen LogP contribution is -2.25. The molecule has 0 amide bonds. The molecule has 616 valence electrons. The summed E-state index contributed by atoms with van der Waals surface area (Å²) in [6.45, 7) is 4.49. The number of anilines is 9. The number of fused-ring (bicyclic) bond motifs is 12. The average molecular weight is 1640 g/mol. The Morgan fingerprint density at radius 3 is 1.17 bits per heavy atom. The van der Waals surface area contributed by atoms with Crippen LogP contribution in [0.15, 0.2) is 400 Å². The van der Waals surface area contributed by atoms with E-state index in [9.17, 15) is 0 Å². The topological polar surface area (TPSA) is 14.7 Å². The van der Waals surface area contributed by atoms with Crippen molar-refractivity contribution < 1.29 is 0 Å². The van der Waals surface area contributed by atoms with Gasteiger partial charge in [0, 0.05) is 72.5 Å². The lowest BCUT2D eigenvalue weighted by atomic mass is 9.70. The molecule has 0 spiro atoms. The SMILES string of the molecule is Cc1ccc(N(c2ccc(-c3ccc4c(c3)C(CCCCCCc3ccc(N(c5ccccc5)c5cc6c(c7ccccc57)CC6)cc3)(CCCCCCc3ccc(N(c5ccccc5)c5cc6c(c7ccccc57)CC6)cc3)c3cc(C)ccc3-4)cc2)c2ccc(-c3ccc4c5ccccc5n(-c5cccc(-c6cccc(-c7ccccc7)c6)c5)c4c3)cc2)cc1. The molecule has 127 heavy (non-hydrogen) atoms. The van der Waals surface area contributed by atoms with E-state index < -0.39 is 0 Å². The number of hydrogen-bond donors (Lipinski definition) is 0. The van der Waals surface area contributed by atoms with Crippen molar-refractivity contribution >= 4 is 94.5 Å². The van der Waals surface area contributed by atoms with Gasteiger partial charge in [-0.25, -0.2) is 0 Å². The molecule has 4 heteroatoms. The smallest absolute Gasteiger partial charge is 0.0547 e. The first-order chi connectivity index (χ1) is 62.8. The summed E-state index contributed by atoms with van der Waals surface area (Å²) >= 11 is 0. The highest BCUT2D eigenvalue weighted by atomic mass is 15.2. The standard InChI is InChI=1S/C123H104N4/c1-85-46-61-101(62-47-85)124(103-69-55-91(56-70-103)96-58-75-116-115-44-22-23-45-119(115)127(122(116)82-96)106-39-27-34-94(80-106)93-33-26-32-92(79-93)89-30-12-7-13-31-89)102-67-53-90(54-68-102)95-57-74-112-111-71-48-86(2)78-117(111)123(118(112)81-95,76-24-5-3-10-28-87-49-63-104(64-50-87)125(99-35-14-8-15-36-99)120-83-97-59-72-107(97)109-40-18-20-42-113(109)120)77-25-6-4-11-29-88-51-65-105(66-52-88)126(100-37-16-9-17-38-100)121-84-98-60-73-108(98)110-41-19-21-43-114(110)121/h7-9,12-23,26-27,30-58,61-71,74-75,78-84H,3-6,10-11,24-25,28-29,59-60,72-73,76-77H2,1-2H3. The van der Waals surface area contributed by atoms with Crippen LogP contribution in [0.2, 0.25) is 0 Å². The maximum Gasteiger partial charge on any atom is 0.0547 e. The zero-order valence-electron chi connectivity index (χ0n) is 72.7. The van der Waals surface area contributed by atoms with E-state index in [-0.39, 0.29) is 5.41 Å². The van der Waals surface area contributed by atoms with E-state index in [0.29, 0.717) is 0 Å². The van der Waals surface area contributed by atoms with Gasteiger partial charge < -0.3 is 19.3 Å². The van der Waals surface area contributed by atoms with Gasteiger partial charge in [0.1, 0.15) is 0 Å². The molecule has 0 aliphatic heterocycles. The Hall–Kier alpha value is -14.3. The summed E-state index contributed by atoms with van der Waals surface area (Å²) in [6.07, 6.45) is 18.4. The number of rotatable bonds is 28. The van der Waals surface area contributed by atoms with Crippen molar-refractivity contribution in [3.8, 4) is 61.3 Å². The molecule has 0 N–H and O–H groups in total. The molecule has 3 aliphatic carbocycles. The van der Waals surface area contributed by atoms with Gasteiger partial charge in [0.25, 0.3) is 0 Å². The molecule has 0 unspecified atom stereocenters. The zero-order chi connectivity index (χ0) is 84.7. The summed E-state index contributed by atoms with van der Waals surface area (Å²) in [6, 6.07) is 151. The maximum absolute atomic E-state index is 2.62. The normalized spacial score (nSPS) is 12.8. The van der Waals surface area contributed by atoms with Crippen LogP contribution in [-0.4, -0.2) is 4.57 Å². The van der Waals surface area contributed by atoms with Crippen LogP contribution in [0, 0.1) is 13.8 Å². The summed E-state index contributed by atoms with van der Waals surface area (Å²) in [5.41, 5.74) is 40.9. The molecule has 0 atom stereocenters. The Morgan fingerprint density at radius 1 is 0.244 bits per heavy atom. The highest BCUT2D eigenvalue weighted by Crippen LogP contribution is 2.56. The first-order valence-corrected chi connectivity index (χ1v) is 46.3. The second-order valence-electron chi connectivity index (χ2n) is 35.9. The van der Waals surface area contributed by atoms with Crippen LogP contribution in [0.4, 0.5) is 51.2 Å². The van der Waals surface area contributed by atoms with Crippen molar-refractivity contribution in [2.24, 2.45) is 0 Å². The summed E-state index contributed by atoms with van der Waals surface area (Å²) in [5.74, 6) is 0. The van der Waals surface area contributed by atoms with E-state index in [1.54, 1.807) is 0 Å². The molecule has 0 saturated carbocycles. The number of para-hydroxylation sites is 3. The van der Waals surface area contributed by atoms with Crippen LogP contribution < -0.4 is 14.7 Å². The highest BCUT2D eigenvalue weighted by Gasteiger charge is 2.43. The molecule has 0 saturated heterocycles. The Balaban J connectivity index is 0.533. The van der Waals surface area contributed by atoms with Crippen molar-refractivity contribution in [2.75, 3.05) is 14.7 Å². The van der Waals surface area contributed by atoms with Crippen LogP contribution in [0.5, 0.6) is 0 Å². The second kappa shape index (κ2) is 34.3. The van der Waals surface area contributed by atoms with Gasteiger partial charge in [-0.2, -0.15) is 0 Å². The number of aromatic nitrogens is 1. The molecule has 1 heterocycles. The molecule has 3 aliphatic rings. The summed E-state index contributed by atoms with van der Waals surface area (Å²) in [4.78, 5) is 7.38. The van der Waals surface area contributed by atoms with Crippen LogP contribution >= 0.6 is 0 Å². The zero-order valence-corrected chi connectivity index (χ0v) is 72.7. The molecule has 0 radical (unpaired) electrons. The van der Waals surface area contributed by atoms with Gasteiger partial charge >= 0.3 is 0 Å². The molecule has 4 nitrogen and oxygen atoms in total. The highest BCUT2D eigenvalue weighted by molar-refractivity contribution is 6.11. The molecular weight excluding hydrogens is 1530 g/mol. The lowest BCUT2D eigenvalue weighted by Gasteiger charge is -2.33. The minimum Gasteiger partial charge on any atom is -0.311 e. The fraction of sp³-hybridized carbons (Fsp3) is 0.154. The molecular formula is C123H104N4. The van der Waals surface area contributed by atoms with Gasteiger partial charge in [-0.15, -0.1) is 0 Å². The van der Waals surface area contributed by atoms with E-state index in [2.05, 4.69) is 433 Å². The van der Waals surface area contributed by atoms with Crippen molar-refractivity contribution in [3.05, 3.63) is 456 Å². The molecule has 1 aromatic heterocycles. The Labute approximate surface area is 748 Å². The number of nitrogens with zero attached hydrogens (tertiary/aromatic N) is 4. The van der Waals surface area contributed by atoms with Gasteiger partial charge in [-0.3, -0.25) is 0 Å². The summed E-state index contributed by atoms with van der Waals surface area (Å²) in [7, 11) is 0. The lowest BCUT2D eigenvalue weighted by molar-refractivity contribution is 0.399. The van der Waals surface area contributed by atoms with Crippen molar-refractivity contribution in [3.63, 3.8) is 0 Å². The minimum absolute atomic E-state index is 0.120. The molecule has 18 aromatic carbocycles. The predicted octanol–water partition coefficient (Wildman–Crippen LogP) is 33.6. The number of benzene rings is 18. The largest absolute Gasteiger partial charge is 0.311 e. The van der Waals surface area contributed by atoms with Crippen LogP contribution in [0.25, 0.3) is 105 Å². The second-order valence-corrected chi connectivity index (χ2v) is 35.9.